The summed E-state index contributed by atoms with van der Waals surface area (Å²) in [4.78, 5) is 26.5. The van der Waals surface area contributed by atoms with Gasteiger partial charge in [0.2, 0.25) is 0 Å². The first-order valence-electron chi connectivity index (χ1n) is 8.25. The van der Waals surface area contributed by atoms with Gasteiger partial charge in [-0.3, -0.25) is 9.59 Å². The third-order valence-corrected chi connectivity index (χ3v) is 4.95. The summed E-state index contributed by atoms with van der Waals surface area (Å²) in [7, 11) is 0. The van der Waals surface area contributed by atoms with Crippen LogP contribution in [0.15, 0.2) is 42.5 Å². The van der Waals surface area contributed by atoms with E-state index in [-0.39, 0.29) is 17.5 Å². The summed E-state index contributed by atoms with van der Waals surface area (Å²) in [6.45, 7) is 0.972. The highest BCUT2D eigenvalue weighted by molar-refractivity contribution is 6.36. The summed E-state index contributed by atoms with van der Waals surface area (Å²) in [5, 5.41) is 3.62. The molecule has 7 heteroatoms. The van der Waals surface area contributed by atoms with Crippen LogP contribution in [0.3, 0.4) is 0 Å². The van der Waals surface area contributed by atoms with Crippen molar-refractivity contribution >= 4 is 35.0 Å². The maximum Gasteiger partial charge on any atom is 0.255 e. The fourth-order valence-corrected chi connectivity index (χ4v) is 3.46. The van der Waals surface area contributed by atoms with Crippen molar-refractivity contribution in [3.05, 3.63) is 69.5 Å². The number of hydrogen-bond acceptors (Lipinski definition) is 2. The van der Waals surface area contributed by atoms with Crippen LogP contribution in [0.5, 0.6) is 0 Å². The molecule has 4 nitrogen and oxygen atoms in total. The highest BCUT2D eigenvalue weighted by atomic mass is 35.5. The summed E-state index contributed by atoms with van der Waals surface area (Å²) in [5.74, 6) is -1.14. The molecule has 26 heavy (non-hydrogen) atoms. The van der Waals surface area contributed by atoms with E-state index in [0.29, 0.717) is 41.5 Å². The standard InChI is InChI=1S/C19H17Cl2FN2O2/c20-12-5-6-14(16(21)11-12)19(26)24-9-7-13(8-10-24)23-18(25)15-3-1-2-4-17(15)22/h1-6,11,13H,7-10H2,(H,23,25). The summed E-state index contributed by atoms with van der Waals surface area (Å²) in [5.41, 5.74) is 0.434. The number of nitrogens with one attached hydrogen (secondary N) is 1. The molecule has 2 aromatic rings. The van der Waals surface area contributed by atoms with Gasteiger partial charge in [0.05, 0.1) is 16.1 Å². The minimum atomic E-state index is -0.546. The number of benzene rings is 2. The third kappa shape index (κ3) is 4.17. The zero-order valence-corrected chi connectivity index (χ0v) is 15.4. The van der Waals surface area contributed by atoms with Gasteiger partial charge in [-0.05, 0) is 43.2 Å². The maximum atomic E-state index is 13.7. The number of hydrogen-bond donors (Lipinski definition) is 1. The molecule has 136 valence electrons. The van der Waals surface area contributed by atoms with Crippen molar-refractivity contribution in [3.63, 3.8) is 0 Å². The van der Waals surface area contributed by atoms with Gasteiger partial charge in [0, 0.05) is 24.2 Å². The number of halogens is 3. The molecule has 1 heterocycles. The van der Waals surface area contributed by atoms with E-state index < -0.39 is 11.7 Å². The first kappa shape index (κ1) is 18.7. The normalized spacial score (nSPS) is 15.0. The van der Waals surface area contributed by atoms with Gasteiger partial charge in [0.15, 0.2) is 0 Å². The van der Waals surface area contributed by atoms with E-state index in [4.69, 9.17) is 23.2 Å². The van der Waals surface area contributed by atoms with Crippen molar-refractivity contribution in [2.24, 2.45) is 0 Å². The number of amides is 2. The van der Waals surface area contributed by atoms with Gasteiger partial charge in [-0.15, -0.1) is 0 Å². The molecule has 0 unspecified atom stereocenters. The SMILES string of the molecule is O=C(NC1CCN(C(=O)c2ccc(Cl)cc2Cl)CC1)c1ccccc1F. The summed E-state index contributed by atoms with van der Waals surface area (Å²) < 4.78 is 13.7. The quantitative estimate of drug-likeness (QED) is 0.848. The molecule has 2 aromatic carbocycles. The Balaban J connectivity index is 1.58. The Labute approximate surface area is 160 Å². The Kier molecular flexibility index (Phi) is 5.79. The predicted octanol–water partition coefficient (Wildman–Crippen LogP) is 4.17. The van der Waals surface area contributed by atoms with Crippen molar-refractivity contribution in [3.8, 4) is 0 Å². The second-order valence-electron chi connectivity index (χ2n) is 6.14. The molecule has 0 atom stereocenters. The molecular weight excluding hydrogens is 378 g/mol. The zero-order chi connectivity index (χ0) is 18.7. The fourth-order valence-electron chi connectivity index (χ4n) is 2.97. The Morgan fingerprint density at radius 3 is 2.38 bits per heavy atom. The molecule has 0 spiro atoms. The van der Waals surface area contributed by atoms with Gasteiger partial charge in [0.25, 0.3) is 11.8 Å². The molecule has 0 aromatic heterocycles. The van der Waals surface area contributed by atoms with Crippen LogP contribution in [0, 0.1) is 5.82 Å². The lowest BCUT2D eigenvalue weighted by molar-refractivity contribution is 0.0698. The Morgan fingerprint density at radius 2 is 1.73 bits per heavy atom. The smallest absolute Gasteiger partial charge is 0.255 e. The molecule has 1 aliphatic rings. The average molecular weight is 395 g/mol. The highest BCUT2D eigenvalue weighted by Gasteiger charge is 2.26. The van der Waals surface area contributed by atoms with Crippen LogP contribution in [0.2, 0.25) is 10.0 Å². The first-order valence-corrected chi connectivity index (χ1v) is 9.01. The number of carbonyl (C=O) groups excluding carboxylic acids is 2. The topological polar surface area (TPSA) is 49.4 Å². The molecule has 0 saturated carbocycles. The van der Waals surface area contributed by atoms with E-state index in [1.165, 1.54) is 24.3 Å². The van der Waals surface area contributed by atoms with E-state index in [0.717, 1.165) is 0 Å². The Hall–Kier alpha value is -2.11. The predicted molar refractivity (Wildman–Crippen MR) is 99.3 cm³/mol. The van der Waals surface area contributed by atoms with Gasteiger partial charge < -0.3 is 10.2 Å². The first-order chi connectivity index (χ1) is 12.5. The largest absolute Gasteiger partial charge is 0.349 e. The lowest BCUT2D eigenvalue weighted by Crippen LogP contribution is -2.46. The van der Waals surface area contributed by atoms with Crippen LogP contribution >= 0.6 is 23.2 Å². The molecule has 1 N–H and O–H groups in total. The van der Waals surface area contributed by atoms with Crippen LogP contribution in [0.25, 0.3) is 0 Å². The molecule has 0 bridgehead atoms. The molecule has 3 rings (SSSR count). The van der Waals surface area contributed by atoms with Crippen LogP contribution in [-0.4, -0.2) is 35.8 Å². The van der Waals surface area contributed by atoms with Crippen molar-refractivity contribution in [2.75, 3.05) is 13.1 Å². The number of nitrogens with zero attached hydrogens (tertiary/aromatic N) is 1. The second kappa shape index (κ2) is 8.06. The Bertz CT molecular complexity index is 836. The van der Waals surface area contributed by atoms with Crippen molar-refractivity contribution in [2.45, 2.75) is 18.9 Å². The molecular formula is C19H17Cl2FN2O2. The number of rotatable bonds is 3. The van der Waals surface area contributed by atoms with E-state index in [2.05, 4.69) is 5.32 Å². The molecule has 2 amide bonds. The summed E-state index contributed by atoms with van der Waals surface area (Å²) >= 11 is 12.0. The van der Waals surface area contributed by atoms with Gasteiger partial charge in [-0.1, -0.05) is 35.3 Å². The van der Waals surface area contributed by atoms with Crippen LogP contribution in [0.4, 0.5) is 4.39 Å². The number of carbonyl (C=O) groups is 2. The average Bonchev–Trinajstić information content (AvgIpc) is 2.62. The molecule has 0 radical (unpaired) electrons. The zero-order valence-electron chi connectivity index (χ0n) is 13.8. The van der Waals surface area contributed by atoms with Crippen molar-refractivity contribution < 1.29 is 14.0 Å². The second-order valence-corrected chi connectivity index (χ2v) is 6.99. The summed E-state index contributed by atoms with van der Waals surface area (Å²) in [6, 6.07) is 10.5. The number of piperidine rings is 1. The molecule has 1 fully saturated rings. The van der Waals surface area contributed by atoms with Crippen LogP contribution in [0.1, 0.15) is 33.6 Å². The maximum absolute atomic E-state index is 13.7. The Morgan fingerprint density at radius 1 is 1.04 bits per heavy atom. The minimum Gasteiger partial charge on any atom is -0.349 e. The highest BCUT2D eigenvalue weighted by Crippen LogP contribution is 2.24. The van der Waals surface area contributed by atoms with E-state index in [9.17, 15) is 14.0 Å². The van der Waals surface area contributed by atoms with Gasteiger partial charge in [-0.25, -0.2) is 4.39 Å². The van der Waals surface area contributed by atoms with Crippen molar-refractivity contribution in [1.82, 2.24) is 10.2 Å². The molecule has 0 aliphatic carbocycles. The van der Waals surface area contributed by atoms with Crippen molar-refractivity contribution in [1.29, 1.82) is 0 Å². The van der Waals surface area contributed by atoms with Gasteiger partial charge in [0.1, 0.15) is 5.82 Å². The molecule has 1 aliphatic heterocycles. The van der Waals surface area contributed by atoms with E-state index in [1.54, 1.807) is 23.1 Å². The summed E-state index contributed by atoms with van der Waals surface area (Å²) in [6.07, 6.45) is 1.19. The van der Waals surface area contributed by atoms with Crippen LogP contribution < -0.4 is 5.32 Å². The van der Waals surface area contributed by atoms with E-state index >= 15 is 0 Å². The van der Waals surface area contributed by atoms with Gasteiger partial charge >= 0.3 is 0 Å². The van der Waals surface area contributed by atoms with Gasteiger partial charge in [-0.2, -0.15) is 0 Å². The lowest BCUT2D eigenvalue weighted by atomic mass is 10.0. The lowest BCUT2D eigenvalue weighted by Gasteiger charge is -2.32. The minimum absolute atomic E-state index is 0.0268. The third-order valence-electron chi connectivity index (χ3n) is 4.40. The monoisotopic (exact) mass is 394 g/mol. The van der Waals surface area contributed by atoms with Crippen LogP contribution in [-0.2, 0) is 0 Å². The van der Waals surface area contributed by atoms with E-state index in [1.807, 2.05) is 0 Å². The number of likely N-dealkylation sites (tertiary alicyclic amines) is 1. The fraction of sp³-hybridized carbons (Fsp3) is 0.263. The molecule has 1 saturated heterocycles.